The van der Waals surface area contributed by atoms with Gasteiger partial charge in [0.1, 0.15) is 17.1 Å². The van der Waals surface area contributed by atoms with E-state index in [1.54, 1.807) is 42.2 Å². The van der Waals surface area contributed by atoms with Gasteiger partial charge in [0.25, 0.3) is 17.7 Å². The number of benzene rings is 2. The number of hydrazine groups is 1. The van der Waals surface area contributed by atoms with Crippen LogP contribution in [0.3, 0.4) is 0 Å². The molecular formula is C24H26FN5O5. The van der Waals surface area contributed by atoms with Gasteiger partial charge in [0.2, 0.25) is 0 Å². The SMILES string of the molecule is COc1ccc(C2(C)NC(=O)N(NC(=O)CN3CCN(C(=O)c4ccccc4F)CC3)C2=O)cc1. The zero-order valence-electron chi connectivity index (χ0n) is 19.4. The molecule has 0 radical (unpaired) electrons. The minimum Gasteiger partial charge on any atom is -0.497 e. The second kappa shape index (κ2) is 9.71. The summed E-state index contributed by atoms with van der Waals surface area (Å²) in [4.78, 5) is 54.0. The predicted octanol–water partition coefficient (Wildman–Crippen LogP) is 1.09. The maximum Gasteiger partial charge on any atom is 0.344 e. The highest BCUT2D eigenvalue weighted by Crippen LogP contribution is 2.29. The molecule has 2 N–H and O–H groups in total. The summed E-state index contributed by atoms with van der Waals surface area (Å²) in [6.07, 6.45) is 0. The van der Waals surface area contributed by atoms with Crippen molar-refractivity contribution >= 4 is 23.8 Å². The van der Waals surface area contributed by atoms with Crippen LogP contribution in [0.1, 0.15) is 22.8 Å². The topological polar surface area (TPSA) is 111 Å². The number of urea groups is 1. The van der Waals surface area contributed by atoms with Gasteiger partial charge in [-0.1, -0.05) is 24.3 Å². The summed E-state index contributed by atoms with van der Waals surface area (Å²) in [5, 5.41) is 3.31. The molecule has 35 heavy (non-hydrogen) atoms. The Morgan fingerprint density at radius 3 is 2.34 bits per heavy atom. The molecule has 2 fully saturated rings. The number of hydrogen-bond acceptors (Lipinski definition) is 6. The van der Waals surface area contributed by atoms with Gasteiger partial charge in [-0.25, -0.2) is 9.18 Å². The minimum absolute atomic E-state index is 0.0113. The van der Waals surface area contributed by atoms with Crippen molar-refractivity contribution in [2.45, 2.75) is 12.5 Å². The Labute approximate surface area is 201 Å². The molecule has 2 aromatic carbocycles. The second-order valence-corrected chi connectivity index (χ2v) is 8.51. The van der Waals surface area contributed by atoms with Crippen LogP contribution >= 0.6 is 0 Å². The van der Waals surface area contributed by atoms with Crippen LogP contribution in [0, 0.1) is 5.82 Å². The van der Waals surface area contributed by atoms with Crippen molar-refractivity contribution in [3.63, 3.8) is 0 Å². The third kappa shape index (κ3) is 4.80. The van der Waals surface area contributed by atoms with Crippen molar-refractivity contribution in [2.24, 2.45) is 0 Å². The van der Waals surface area contributed by atoms with Crippen LogP contribution in [0.2, 0.25) is 0 Å². The molecule has 2 aliphatic heterocycles. The van der Waals surface area contributed by atoms with Gasteiger partial charge in [0, 0.05) is 26.2 Å². The molecular weight excluding hydrogens is 457 g/mol. The first kappa shape index (κ1) is 24.1. The number of imide groups is 1. The number of methoxy groups -OCH3 is 1. The largest absolute Gasteiger partial charge is 0.497 e. The summed E-state index contributed by atoms with van der Waals surface area (Å²) in [6, 6.07) is 11.8. The van der Waals surface area contributed by atoms with E-state index in [0.29, 0.717) is 42.5 Å². The summed E-state index contributed by atoms with van der Waals surface area (Å²) in [5.74, 6) is -1.52. The van der Waals surface area contributed by atoms with Gasteiger partial charge in [-0.3, -0.25) is 24.7 Å². The normalized spacial score (nSPS) is 20.5. The van der Waals surface area contributed by atoms with Crippen LogP contribution in [0.15, 0.2) is 48.5 Å². The van der Waals surface area contributed by atoms with Crippen molar-refractivity contribution < 1.29 is 28.3 Å². The van der Waals surface area contributed by atoms with E-state index in [9.17, 15) is 23.6 Å². The number of nitrogens with zero attached hydrogens (tertiary/aromatic N) is 3. The zero-order valence-corrected chi connectivity index (χ0v) is 19.4. The fourth-order valence-corrected chi connectivity index (χ4v) is 4.14. The number of carbonyl (C=O) groups excluding carboxylic acids is 4. The zero-order chi connectivity index (χ0) is 25.2. The van der Waals surface area contributed by atoms with Crippen LogP contribution < -0.4 is 15.5 Å². The second-order valence-electron chi connectivity index (χ2n) is 8.51. The summed E-state index contributed by atoms with van der Waals surface area (Å²) in [6.45, 7) is 2.90. The van der Waals surface area contributed by atoms with Gasteiger partial charge >= 0.3 is 6.03 Å². The molecule has 0 aromatic heterocycles. The predicted molar refractivity (Wildman–Crippen MR) is 123 cm³/mol. The molecule has 0 saturated carbocycles. The van der Waals surface area contributed by atoms with Crippen LogP contribution in [0.4, 0.5) is 9.18 Å². The lowest BCUT2D eigenvalue weighted by Crippen LogP contribution is -2.54. The fraction of sp³-hybridized carbons (Fsp3) is 0.333. The molecule has 2 heterocycles. The van der Waals surface area contributed by atoms with Gasteiger partial charge in [0.05, 0.1) is 19.2 Å². The first-order valence-corrected chi connectivity index (χ1v) is 11.1. The van der Waals surface area contributed by atoms with E-state index < -0.39 is 35.1 Å². The van der Waals surface area contributed by atoms with Crippen molar-refractivity contribution in [2.75, 3.05) is 39.8 Å². The lowest BCUT2D eigenvalue weighted by atomic mass is 9.92. The van der Waals surface area contributed by atoms with Crippen molar-refractivity contribution in [3.05, 3.63) is 65.5 Å². The summed E-state index contributed by atoms with van der Waals surface area (Å²) >= 11 is 0. The summed E-state index contributed by atoms with van der Waals surface area (Å²) < 4.78 is 19.0. The molecule has 0 bridgehead atoms. The molecule has 2 aromatic rings. The van der Waals surface area contributed by atoms with Gasteiger partial charge in [0.15, 0.2) is 0 Å². The standard InChI is InChI=1S/C24H26FN5O5/c1-24(16-7-9-17(35-2)10-8-16)22(33)30(23(34)26-24)27-20(31)15-28-11-13-29(14-12-28)21(32)18-5-3-4-6-19(18)25/h3-10H,11-15H2,1-2H3,(H,26,34)(H,27,31). The van der Waals surface area contributed by atoms with Crippen molar-refractivity contribution in [1.82, 2.24) is 25.6 Å². The molecule has 1 atom stereocenters. The Balaban J connectivity index is 1.32. The number of halogens is 1. The van der Waals surface area contributed by atoms with Crippen LogP contribution in [-0.4, -0.2) is 78.4 Å². The average molecular weight is 484 g/mol. The summed E-state index contributed by atoms with van der Waals surface area (Å²) in [7, 11) is 1.53. The van der Waals surface area contributed by atoms with E-state index in [1.807, 2.05) is 0 Å². The quantitative estimate of drug-likeness (QED) is 0.595. The number of nitrogens with one attached hydrogen (secondary N) is 2. The Kier molecular flexibility index (Phi) is 6.70. The smallest absolute Gasteiger partial charge is 0.344 e. The Morgan fingerprint density at radius 1 is 1.06 bits per heavy atom. The highest BCUT2D eigenvalue weighted by atomic mass is 19.1. The van der Waals surface area contributed by atoms with Gasteiger partial charge < -0.3 is 15.0 Å². The molecule has 184 valence electrons. The average Bonchev–Trinajstić information content (AvgIpc) is 3.08. The number of hydrogen-bond donors (Lipinski definition) is 2. The maximum atomic E-state index is 13.9. The number of amides is 5. The van der Waals surface area contributed by atoms with Gasteiger partial charge in [-0.2, -0.15) is 5.01 Å². The van der Waals surface area contributed by atoms with Crippen molar-refractivity contribution in [1.29, 1.82) is 0 Å². The lowest BCUT2D eigenvalue weighted by Gasteiger charge is -2.34. The molecule has 11 heteroatoms. The maximum absolute atomic E-state index is 13.9. The third-order valence-corrected chi connectivity index (χ3v) is 6.23. The summed E-state index contributed by atoms with van der Waals surface area (Å²) in [5.41, 5.74) is 1.60. The monoisotopic (exact) mass is 483 g/mol. The highest BCUT2D eigenvalue weighted by molar-refractivity contribution is 6.08. The Bertz CT molecular complexity index is 1150. The van der Waals surface area contributed by atoms with Crippen LogP contribution in [0.5, 0.6) is 5.75 Å². The number of ether oxygens (including phenoxy) is 1. The molecule has 0 spiro atoms. The van der Waals surface area contributed by atoms with E-state index >= 15 is 0 Å². The number of rotatable bonds is 6. The fourth-order valence-electron chi connectivity index (χ4n) is 4.14. The first-order chi connectivity index (χ1) is 16.7. The van der Waals surface area contributed by atoms with Gasteiger partial charge in [-0.15, -0.1) is 0 Å². The minimum atomic E-state index is -1.34. The van der Waals surface area contributed by atoms with E-state index in [2.05, 4.69) is 10.7 Å². The molecule has 0 aliphatic carbocycles. The number of carbonyl (C=O) groups is 4. The lowest BCUT2D eigenvalue weighted by molar-refractivity contribution is -0.139. The molecule has 5 amide bonds. The van der Waals surface area contributed by atoms with Gasteiger partial charge in [-0.05, 0) is 36.8 Å². The Hall–Kier alpha value is -3.99. The van der Waals surface area contributed by atoms with E-state index in [1.165, 1.54) is 30.2 Å². The molecule has 2 saturated heterocycles. The van der Waals surface area contributed by atoms with E-state index in [0.717, 1.165) is 0 Å². The first-order valence-electron chi connectivity index (χ1n) is 11.1. The van der Waals surface area contributed by atoms with Crippen molar-refractivity contribution in [3.8, 4) is 5.75 Å². The van der Waals surface area contributed by atoms with E-state index in [4.69, 9.17) is 4.74 Å². The van der Waals surface area contributed by atoms with E-state index in [-0.39, 0.29) is 12.1 Å². The van der Waals surface area contributed by atoms with Crippen LogP contribution in [-0.2, 0) is 15.1 Å². The molecule has 2 aliphatic rings. The Morgan fingerprint density at radius 2 is 1.71 bits per heavy atom. The van der Waals surface area contributed by atoms with Crippen LogP contribution in [0.25, 0.3) is 0 Å². The molecule has 4 rings (SSSR count). The molecule has 1 unspecified atom stereocenters. The molecule has 10 nitrogen and oxygen atoms in total. The number of piperazine rings is 1. The highest BCUT2D eigenvalue weighted by Gasteiger charge is 2.50. The third-order valence-electron chi connectivity index (χ3n) is 6.23.